The molecular weight excluding hydrogens is 392 g/mol. The lowest BCUT2D eigenvalue weighted by molar-refractivity contribution is -0.120. The maximum Gasteiger partial charge on any atom is 0.341 e. The van der Waals surface area contributed by atoms with E-state index in [0.717, 1.165) is 17.7 Å². The average Bonchev–Trinajstić information content (AvgIpc) is 3.14. The van der Waals surface area contributed by atoms with Gasteiger partial charge in [0.2, 0.25) is 5.91 Å². The fourth-order valence-electron chi connectivity index (χ4n) is 3.37. The molecule has 162 valence electrons. The van der Waals surface area contributed by atoms with Crippen LogP contribution in [0.1, 0.15) is 39.9 Å². The molecule has 1 aromatic heterocycles. The van der Waals surface area contributed by atoms with Crippen molar-refractivity contribution >= 4 is 17.6 Å². The number of methoxy groups -OCH3 is 1. The van der Waals surface area contributed by atoms with Gasteiger partial charge in [0.15, 0.2) is 0 Å². The monoisotopic (exact) mass is 420 g/mol. The number of aryl methyl sites for hydroxylation is 1. The summed E-state index contributed by atoms with van der Waals surface area (Å²) in [6, 6.07) is 19.2. The van der Waals surface area contributed by atoms with Crippen molar-refractivity contribution < 1.29 is 18.7 Å². The minimum atomic E-state index is -0.434. The molecule has 6 heteroatoms. The first-order valence-electron chi connectivity index (χ1n) is 10.2. The zero-order valence-electron chi connectivity index (χ0n) is 18.3. The normalized spacial score (nSPS) is 11.9. The number of benzene rings is 2. The van der Waals surface area contributed by atoms with E-state index in [4.69, 9.17) is 9.15 Å². The molecule has 1 atom stereocenters. The number of furan rings is 1. The summed E-state index contributed by atoms with van der Waals surface area (Å²) in [5.41, 5.74) is 3.45. The minimum absolute atomic E-state index is 0.112. The van der Waals surface area contributed by atoms with Crippen LogP contribution in [0.15, 0.2) is 65.1 Å². The summed E-state index contributed by atoms with van der Waals surface area (Å²) >= 11 is 0. The van der Waals surface area contributed by atoms with E-state index >= 15 is 0 Å². The van der Waals surface area contributed by atoms with E-state index in [0.29, 0.717) is 23.6 Å². The van der Waals surface area contributed by atoms with Crippen molar-refractivity contribution in [2.24, 2.45) is 0 Å². The number of carbonyl (C=O) groups excluding carboxylic acids is 2. The van der Waals surface area contributed by atoms with Gasteiger partial charge in [0.25, 0.3) is 0 Å². The molecule has 0 saturated heterocycles. The lowest BCUT2D eigenvalue weighted by Crippen LogP contribution is -2.39. The van der Waals surface area contributed by atoms with Crippen molar-refractivity contribution in [2.75, 3.05) is 19.5 Å². The predicted octanol–water partition coefficient (Wildman–Crippen LogP) is 4.42. The molecule has 1 unspecified atom stereocenters. The van der Waals surface area contributed by atoms with Crippen molar-refractivity contribution in [1.29, 1.82) is 0 Å². The third kappa shape index (κ3) is 5.61. The van der Waals surface area contributed by atoms with Gasteiger partial charge in [-0.15, -0.1) is 0 Å². The first-order chi connectivity index (χ1) is 14.9. The molecule has 1 N–H and O–H groups in total. The smallest absolute Gasteiger partial charge is 0.341 e. The Labute approximate surface area is 182 Å². The Hall–Kier alpha value is -3.38. The summed E-state index contributed by atoms with van der Waals surface area (Å²) in [5.74, 6) is 0.558. The van der Waals surface area contributed by atoms with Gasteiger partial charge < -0.3 is 14.5 Å². The third-order valence-electron chi connectivity index (χ3n) is 5.33. The van der Waals surface area contributed by atoms with Gasteiger partial charge in [-0.25, -0.2) is 4.79 Å². The third-order valence-corrected chi connectivity index (χ3v) is 5.33. The molecule has 0 aliphatic heterocycles. The summed E-state index contributed by atoms with van der Waals surface area (Å²) in [7, 11) is 3.18. The Morgan fingerprint density at radius 2 is 1.77 bits per heavy atom. The summed E-state index contributed by atoms with van der Waals surface area (Å²) in [4.78, 5) is 26.6. The molecule has 3 aromatic rings. The van der Waals surface area contributed by atoms with E-state index in [1.807, 2.05) is 61.3 Å². The van der Waals surface area contributed by atoms with Gasteiger partial charge >= 0.3 is 5.97 Å². The van der Waals surface area contributed by atoms with Crippen molar-refractivity contribution in [2.45, 2.75) is 32.9 Å². The van der Waals surface area contributed by atoms with Gasteiger partial charge in [-0.3, -0.25) is 9.69 Å². The number of nitrogens with zero attached hydrogens (tertiary/aromatic N) is 1. The van der Waals surface area contributed by atoms with E-state index in [-0.39, 0.29) is 5.91 Å². The Balaban J connectivity index is 1.66. The highest BCUT2D eigenvalue weighted by atomic mass is 16.5. The van der Waals surface area contributed by atoms with Crippen LogP contribution in [-0.4, -0.2) is 37.0 Å². The minimum Gasteiger partial charge on any atom is -0.465 e. The van der Waals surface area contributed by atoms with Crippen LogP contribution in [-0.2, 0) is 22.5 Å². The maximum atomic E-state index is 12.9. The number of ether oxygens (including phenoxy) is 1. The number of para-hydroxylation sites is 1. The van der Waals surface area contributed by atoms with Crippen molar-refractivity contribution in [1.82, 2.24) is 4.90 Å². The Morgan fingerprint density at radius 1 is 1.10 bits per heavy atom. The Kier molecular flexibility index (Phi) is 7.26. The first kappa shape index (κ1) is 22.3. The molecule has 0 saturated carbocycles. The van der Waals surface area contributed by atoms with Crippen LogP contribution in [0.2, 0.25) is 0 Å². The van der Waals surface area contributed by atoms with Gasteiger partial charge in [0.05, 0.1) is 19.7 Å². The van der Waals surface area contributed by atoms with E-state index in [1.54, 1.807) is 13.0 Å². The molecule has 6 nitrogen and oxygen atoms in total. The fourth-order valence-corrected chi connectivity index (χ4v) is 3.37. The Morgan fingerprint density at radius 3 is 2.48 bits per heavy atom. The number of anilines is 1. The highest BCUT2D eigenvalue weighted by Crippen LogP contribution is 2.21. The fraction of sp³-hybridized carbons (Fsp3) is 0.280. The lowest BCUT2D eigenvalue weighted by Gasteiger charge is -2.23. The van der Waals surface area contributed by atoms with E-state index in [2.05, 4.69) is 17.4 Å². The van der Waals surface area contributed by atoms with Crippen LogP contribution < -0.4 is 5.32 Å². The number of esters is 1. The number of rotatable bonds is 8. The zero-order chi connectivity index (χ0) is 22.4. The second kappa shape index (κ2) is 10.1. The van der Waals surface area contributed by atoms with Crippen molar-refractivity contribution in [3.63, 3.8) is 0 Å². The molecule has 1 heterocycles. The molecule has 0 spiro atoms. The van der Waals surface area contributed by atoms with Crippen LogP contribution >= 0.6 is 0 Å². The van der Waals surface area contributed by atoms with Gasteiger partial charge in [-0.2, -0.15) is 0 Å². The molecule has 0 aliphatic rings. The molecule has 31 heavy (non-hydrogen) atoms. The van der Waals surface area contributed by atoms with E-state index < -0.39 is 12.0 Å². The number of amides is 1. The van der Waals surface area contributed by atoms with Crippen LogP contribution in [0, 0.1) is 6.92 Å². The second-order valence-electron chi connectivity index (χ2n) is 7.57. The quantitative estimate of drug-likeness (QED) is 0.546. The largest absolute Gasteiger partial charge is 0.465 e. The van der Waals surface area contributed by atoms with E-state index in [1.165, 1.54) is 12.7 Å². The Bertz CT molecular complexity index is 1040. The van der Waals surface area contributed by atoms with Crippen LogP contribution in [0.4, 0.5) is 5.69 Å². The average molecular weight is 421 g/mol. The summed E-state index contributed by atoms with van der Waals surface area (Å²) in [5, 5.41) is 3.06. The molecule has 0 radical (unpaired) electrons. The number of hydrogen-bond donors (Lipinski definition) is 1. The van der Waals surface area contributed by atoms with Crippen molar-refractivity contribution in [3.05, 3.63) is 88.9 Å². The van der Waals surface area contributed by atoms with Crippen molar-refractivity contribution in [3.8, 4) is 0 Å². The molecular formula is C25H28N2O4. The summed E-state index contributed by atoms with van der Waals surface area (Å²) in [6.07, 6.45) is 0.740. The maximum absolute atomic E-state index is 12.9. The topological polar surface area (TPSA) is 71.8 Å². The second-order valence-corrected chi connectivity index (χ2v) is 7.57. The summed E-state index contributed by atoms with van der Waals surface area (Å²) < 4.78 is 10.4. The van der Waals surface area contributed by atoms with Crippen LogP contribution in [0.3, 0.4) is 0 Å². The molecule has 0 aliphatic carbocycles. The molecule has 3 rings (SSSR count). The standard InChI is InChI=1S/C25H28N2O4/c1-17(27(3)16-21-15-22(18(2)31-21)25(29)30-4)24(28)26-23-13-9-8-12-20(23)14-19-10-6-5-7-11-19/h5-13,15,17H,14,16H2,1-4H3,(H,26,28). The van der Waals surface area contributed by atoms with Crippen LogP contribution in [0.5, 0.6) is 0 Å². The number of nitrogens with one attached hydrogen (secondary N) is 1. The van der Waals surface area contributed by atoms with Crippen LogP contribution in [0.25, 0.3) is 0 Å². The first-order valence-corrected chi connectivity index (χ1v) is 10.2. The number of hydrogen-bond acceptors (Lipinski definition) is 5. The number of likely N-dealkylation sites (N-methyl/N-ethyl adjacent to an activating group) is 1. The lowest BCUT2D eigenvalue weighted by atomic mass is 10.0. The number of carbonyl (C=O) groups is 2. The highest BCUT2D eigenvalue weighted by molar-refractivity contribution is 5.95. The van der Waals surface area contributed by atoms with Gasteiger partial charge in [0.1, 0.15) is 17.1 Å². The summed E-state index contributed by atoms with van der Waals surface area (Å²) in [6.45, 7) is 3.94. The van der Waals surface area contributed by atoms with Gasteiger partial charge in [-0.05, 0) is 50.6 Å². The van der Waals surface area contributed by atoms with Gasteiger partial charge in [-0.1, -0.05) is 48.5 Å². The highest BCUT2D eigenvalue weighted by Gasteiger charge is 2.22. The molecule has 0 fully saturated rings. The molecule has 1 amide bonds. The van der Waals surface area contributed by atoms with Gasteiger partial charge in [0, 0.05) is 5.69 Å². The van der Waals surface area contributed by atoms with E-state index in [9.17, 15) is 9.59 Å². The predicted molar refractivity (Wildman–Crippen MR) is 120 cm³/mol. The molecule has 0 bridgehead atoms. The SMILES string of the molecule is COC(=O)c1cc(CN(C)C(C)C(=O)Nc2ccccc2Cc2ccccc2)oc1C. The zero-order valence-corrected chi connectivity index (χ0v) is 18.3. The molecule has 2 aromatic carbocycles.